The van der Waals surface area contributed by atoms with Gasteiger partial charge >= 0.3 is 12.1 Å². The molecule has 1 saturated heterocycles. The second-order valence-corrected chi connectivity index (χ2v) is 8.96. The molecule has 11 heteroatoms. The number of urea groups is 1. The number of piperazine rings is 1. The van der Waals surface area contributed by atoms with Gasteiger partial charge in [0.15, 0.2) is 0 Å². The number of aryl methyl sites for hydroxylation is 1. The van der Waals surface area contributed by atoms with Crippen molar-refractivity contribution in [1.82, 2.24) is 29.8 Å². The topological polar surface area (TPSA) is 117 Å². The third-order valence-electron chi connectivity index (χ3n) is 5.40. The van der Waals surface area contributed by atoms with Gasteiger partial charge in [-0.3, -0.25) is 9.80 Å². The number of hydrogen-bond acceptors (Lipinski definition) is 6. The lowest BCUT2D eigenvalue weighted by atomic mass is 10.0. The minimum Gasteiger partial charge on any atom is -0.352 e. The van der Waals surface area contributed by atoms with Gasteiger partial charge in [0.05, 0.1) is 18.4 Å². The number of hydrazine groups is 1. The van der Waals surface area contributed by atoms with Crippen molar-refractivity contribution in [2.24, 2.45) is 5.73 Å². The van der Waals surface area contributed by atoms with E-state index in [-0.39, 0.29) is 11.9 Å². The maximum atomic E-state index is 13.0. The average Bonchev–Trinajstić information content (AvgIpc) is 3.19. The van der Waals surface area contributed by atoms with Gasteiger partial charge in [-0.25, -0.2) is 24.1 Å². The third kappa shape index (κ3) is 3.68. The number of hydrogen-bond donors (Lipinski definition) is 2. The molecule has 3 rings (SSSR count). The van der Waals surface area contributed by atoms with Gasteiger partial charge in [0.25, 0.3) is 0 Å². The van der Waals surface area contributed by atoms with Gasteiger partial charge in [0, 0.05) is 30.9 Å². The van der Waals surface area contributed by atoms with Crippen molar-refractivity contribution < 1.29 is 14.4 Å². The van der Waals surface area contributed by atoms with E-state index in [4.69, 9.17) is 5.73 Å². The van der Waals surface area contributed by atoms with Crippen LogP contribution in [0.5, 0.6) is 0 Å². The molecule has 0 spiro atoms. The molecule has 0 unspecified atom stereocenters. The first-order chi connectivity index (χ1) is 13.2. The van der Waals surface area contributed by atoms with Gasteiger partial charge < -0.3 is 16.0 Å². The second-order valence-electron chi connectivity index (χ2n) is 7.50. The molecular weight excluding hydrogens is 382 g/mol. The van der Waals surface area contributed by atoms with E-state index in [0.717, 1.165) is 5.69 Å². The van der Waals surface area contributed by atoms with Crippen LogP contribution in [0.1, 0.15) is 25.4 Å². The van der Waals surface area contributed by atoms with Crippen LogP contribution in [0.2, 0.25) is 0 Å². The molecule has 28 heavy (non-hydrogen) atoms. The predicted octanol–water partition coefficient (Wildman–Crippen LogP) is 0.213. The van der Waals surface area contributed by atoms with Gasteiger partial charge in [0.1, 0.15) is 11.9 Å². The molecule has 1 aromatic rings. The molecule has 10 nitrogen and oxygen atoms in total. The van der Waals surface area contributed by atoms with Crippen molar-refractivity contribution >= 4 is 29.7 Å². The van der Waals surface area contributed by atoms with E-state index < -0.39 is 16.8 Å². The first-order valence-electron chi connectivity index (χ1n) is 9.15. The number of imidazole rings is 1. The molecule has 1 atom stereocenters. The smallest absolute Gasteiger partial charge is 0.344 e. The Labute approximate surface area is 168 Å². The summed E-state index contributed by atoms with van der Waals surface area (Å²) in [6.07, 6.45) is 3.61. The van der Waals surface area contributed by atoms with Crippen molar-refractivity contribution in [3.63, 3.8) is 0 Å². The molecule has 4 amide bonds. The molecule has 1 aromatic heterocycles. The van der Waals surface area contributed by atoms with Gasteiger partial charge in [-0.1, -0.05) is 0 Å². The molecule has 0 saturated carbocycles. The van der Waals surface area contributed by atoms with Crippen LogP contribution in [0, 0.1) is 6.92 Å². The number of primary amides is 1. The zero-order valence-corrected chi connectivity index (χ0v) is 17.5. The number of aromatic nitrogens is 2. The van der Waals surface area contributed by atoms with Crippen LogP contribution in [-0.2, 0) is 11.3 Å². The number of nitrogens with two attached hydrogens (primary N) is 1. The number of nitrogens with zero attached hydrogens (tertiary/aromatic N) is 5. The predicted molar refractivity (Wildman–Crippen MR) is 106 cm³/mol. The van der Waals surface area contributed by atoms with Gasteiger partial charge in [-0.2, -0.15) is 11.8 Å². The number of thioether (sulfide) groups is 1. The number of amides is 4. The zero-order valence-electron chi connectivity index (χ0n) is 16.6. The van der Waals surface area contributed by atoms with Crippen LogP contribution in [0.4, 0.5) is 9.59 Å². The first-order valence-corrected chi connectivity index (χ1v) is 10.4. The Morgan fingerprint density at radius 3 is 2.46 bits per heavy atom. The summed E-state index contributed by atoms with van der Waals surface area (Å²) in [5, 5.41) is 6.27. The van der Waals surface area contributed by atoms with E-state index in [9.17, 15) is 14.4 Å². The summed E-state index contributed by atoms with van der Waals surface area (Å²) < 4.78 is 1.12. The van der Waals surface area contributed by atoms with E-state index in [1.54, 1.807) is 27.6 Å². The van der Waals surface area contributed by atoms with Gasteiger partial charge in [-0.15, -0.1) is 0 Å². The van der Waals surface area contributed by atoms with Crippen molar-refractivity contribution in [3.8, 4) is 0 Å². The van der Waals surface area contributed by atoms with Crippen LogP contribution < -0.4 is 11.1 Å². The SMILES string of the molecule is CSC(C)(C)[C@@H](NC(N)=O)C(=O)N1CCN(N2Cc3cnc(C)n3C2=O)CC1. The largest absolute Gasteiger partial charge is 0.352 e. The third-order valence-corrected chi connectivity index (χ3v) is 6.69. The highest BCUT2D eigenvalue weighted by molar-refractivity contribution is 8.00. The van der Waals surface area contributed by atoms with Crippen LogP contribution >= 0.6 is 11.8 Å². The highest BCUT2D eigenvalue weighted by Gasteiger charge is 2.40. The van der Waals surface area contributed by atoms with Gasteiger partial charge in [0.2, 0.25) is 5.91 Å². The lowest BCUT2D eigenvalue weighted by Crippen LogP contribution is -2.62. The fraction of sp³-hybridized carbons (Fsp3) is 0.647. The highest BCUT2D eigenvalue weighted by atomic mass is 32.2. The van der Waals surface area contributed by atoms with Crippen LogP contribution in [0.3, 0.4) is 0 Å². The zero-order chi connectivity index (χ0) is 20.6. The van der Waals surface area contributed by atoms with Crippen LogP contribution in [-0.4, -0.2) is 85.7 Å². The second kappa shape index (κ2) is 7.63. The number of carbonyl (C=O) groups excluding carboxylic acids is 3. The number of carbonyl (C=O) groups is 3. The number of nitrogens with one attached hydrogen (secondary N) is 1. The fourth-order valence-electron chi connectivity index (χ4n) is 3.55. The molecule has 1 fully saturated rings. The van der Waals surface area contributed by atoms with E-state index in [1.165, 1.54) is 11.8 Å². The molecule has 0 aliphatic carbocycles. The summed E-state index contributed by atoms with van der Waals surface area (Å²) in [5.41, 5.74) is 6.15. The Morgan fingerprint density at radius 2 is 1.93 bits per heavy atom. The minimum absolute atomic E-state index is 0.110. The van der Waals surface area contributed by atoms with Crippen molar-refractivity contribution in [2.45, 2.75) is 38.1 Å². The standard InChI is InChI=1S/C17H27N7O3S/c1-11-19-9-12-10-23(16(27)24(11)12)22-7-5-21(6-8-22)14(25)13(20-15(18)26)17(2,3)28-4/h9,13H,5-8,10H2,1-4H3,(H3,18,20,26)/t13-/m0/s1. The summed E-state index contributed by atoms with van der Waals surface area (Å²) in [4.78, 5) is 43.0. The fourth-order valence-corrected chi connectivity index (χ4v) is 3.95. The first kappa shape index (κ1) is 20.5. The maximum Gasteiger partial charge on any atom is 0.344 e. The minimum atomic E-state index is -0.715. The summed E-state index contributed by atoms with van der Waals surface area (Å²) in [6, 6.07) is -1.54. The lowest BCUT2D eigenvalue weighted by Gasteiger charge is -2.41. The molecule has 2 aliphatic rings. The molecule has 2 aliphatic heterocycles. The molecule has 0 radical (unpaired) electrons. The summed E-state index contributed by atoms with van der Waals surface area (Å²) in [7, 11) is 0. The number of fused-ring (bicyclic) bond motifs is 1. The maximum absolute atomic E-state index is 13.0. The van der Waals surface area contributed by atoms with Gasteiger partial charge in [-0.05, 0) is 27.0 Å². The Kier molecular flexibility index (Phi) is 5.57. The Balaban J connectivity index is 1.64. The van der Waals surface area contributed by atoms with Crippen molar-refractivity contribution in [1.29, 1.82) is 0 Å². The molecule has 0 bridgehead atoms. The summed E-state index contributed by atoms with van der Waals surface area (Å²) in [5.74, 6) is 0.521. The average molecular weight is 410 g/mol. The van der Waals surface area contributed by atoms with Crippen LogP contribution in [0.15, 0.2) is 6.20 Å². The van der Waals surface area contributed by atoms with Crippen molar-refractivity contribution in [3.05, 3.63) is 17.7 Å². The summed E-state index contributed by atoms with van der Waals surface area (Å²) >= 11 is 1.50. The van der Waals surface area contributed by atoms with E-state index in [2.05, 4.69) is 10.3 Å². The van der Waals surface area contributed by atoms with E-state index in [0.29, 0.717) is 38.5 Å². The normalized spacial score (nSPS) is 18.9. The van der Waals surface area contributed by atoms with Crippen LogP contribution in [0.25, 0.3) is 0 Å². The molecule has 3 N–H and O–H groups in total. The lowest BCUT2D eigenvalue weighted by molar-refractivity contribution is -0.137. The number of rotatable bonds is 5. The Hall–Kier alpha value is -2.27. The monoisotopic (exact) mass is 409 g/mol. The quantitative estimate of drug-likeness (QED) is 0.718. The Morgan fingerprint density at radius 1 is 1.29 bits per heavy atom. The molecule has 0 aromatic carbocycles. The van der Waals surface area contributed by atoms with E-state index >= 15 is 0 Å². The molecule has 154 valence electrons. The van der Waals surface area contributed by atoms with Crippen molar-refractivity contribution in [2.75, 3.05) is 32.4 Å². The highest BCUT2D eigenvalue weighted by Crippen LogP contribution is 2.27. The molecule has 3 heterocycles. The van der Waals surface area contributed by atoms with E-state index in [1.807, 2.05) is 25.1 Å². The Bertz CT molecular complexity index is 786. The summed E-state index contributed by atoms with van der Waals surface area (Å²) in [6.45, 7) is 8.11. The molecular formula is C17H27N7O3S.